The van der Waals surface area contributed by atoms with E-state index < -0.39 is 5.97 Å². The first-order valence-electron chi connectivity index (χ1n) is 12.7. The molecule has 1 fully saturated rings. The van der Waals surface area contributed by atoms with Crippen molar-refractivity contribution in [3.8, 4) is 5.75 Å². The van der Waals surface area contributed by atoms with E-state index in [4.69, 9.17) is 9.72 Å². The fraction of sp³-hybridized carbons (Fsp3) is 0.517. The third-order valence-corrected chi connectivity index (χ3v) is 7.26. The van der Waals surface area contributed by atoms with Crippen LogP contribution in [0.1, 0.15) is 83.4 Å². The molecule has 2 aromatic carbocycles. The van der Waals surface area contributed by atoms with Crippen LogP contribution in [0.15, 0.2) is 36.4 Å². The molecule has 188 valence electrons. The summed E-state index contributed by atoms with van der Waals surface area (Å²) in [5.41, 5.74) is 5.32. The highest BCUT2D eigenvalue weighted by Crippen LogP contribution is 2.46. The monoisotopic (exact) mass is 477 g/mol. The van der Waals surface area contributed by atoms with E-state index in [2.05, 4.69) is 68.8 Å². The molecule has 6 nitrogen and oxygen atoms in total. The molecule has 1 aromatic heterocycles. The van der Waals surface area contributed by atoms with E-state index >= 15 is 0 Å². The zero-order valence-corrected chi connectivity index (χ0v) is 21.9. The number of benzene rings is 2. The number of nitrogens with one attached hydrogen (secondary N) is 1. The smallest absolute Gasteiger partial charge is 0.303 e. The van der Waals surface area contributed by atoms with Gasteiger partial charge < -0.3 is 19.7 Å². The molecular formula is C29H39N3O3. The van der Waals surface area contributed by atoms with Crippen molar-refractivity contribution >= 4 is 28.6 Å². The highest BCUT2D eigenvalue weighted by atomic mass is 16.5. The van der Waals surface area contributed by atoms with Crippen molar-refractivity contribution in [1.82, 2.24) is 9.55 Å². The molecule has 4 rings (SSSR count). The number of hydrogen-bond donors (Lipinski definition) is 2. The van der Waals surface area contributed by atoms with Gasteiger partial charge in [0.15, 0.2) is 0 Å². The second-order valence-electron chi connectivity index (χ2n) is 11.3. The summed E-state index contributed by atoms with van der Waals surface area (Å²) < 4.78 is 8.05. The fourth-order valence-electron chi connectivity index (χ4n) is 5.82. The molecule has 0 saturated heterocycles. The predicted molar refractivity (Wildman–Crippen MR) is 142 cm³/mol. The molecule has 2 N–H and O–H groups in total. The highest BCUT2D eigenvalue weighted by molar-refractivity contribution is 5.83. The summed E-state index contributed by atoms with van der Waals surface area (Å²) >= 11 is 0. The Balaban J connectivity index is 1.81. The normalized spacial score (nSPS) is 19.7. The molecule has 0 spiro atoms. The molecule has 35 heavy (non-hydrogen) atoms. The van der Waals surface area contributed by atoms with Gasteiger partial charge in [0.2, 0.25) is 5.95 Å². The number of aromatic nitrogens is 2. The second kappa shape index (κ2) is 9.92. The molecule has 0 bridgehead atoms. The van der Waals surface area contributed by atoms with Crippen LogP contribution >= 0.6 is 0 Å². The van der Waals surface area contributed by atoms with Crippen molar-refractivity contribution in [2.24, 2.45) is 11.3 Å². The fourth-order valence-corrected chi connectivity index (χ4v) is 5.82. The quantitative estimate of drug-likeness (QED) is 0.355. The van der Waals surface area contributed by atoms with Crippen molar-refractivity contribution in [2.75, 3.05) is 12.4 Å². The number of rotatable bonds is 8. The van der Waals surface area contributed by atoms with Crippen molar-refractivity contribution in [1.29, 1.82) is 0 Å². The summed E-state index contributed by atoms with van der Waals surface area (Å²) in [5.74, 6) is 1.83. The molecule has 0 aliphatic heterocycles. The number of aryl methyl sites for hydroxylation is 1. The summed E-state index contributed by atoms with van der Waals surface area (Å²) in [6.07, 6.45) is 3.86. The number of nitrogens with zero attached hydrogens (tertiary/aromatic N) is 2. The van der Waals surface area contributed by atoms with E-state index in [1.165, 1.54) is 12.0 Å². The summed E-state index contributed by atoms with van der Waals surface area (Å²) in [4.78, 5) is 16.2. The molecule has 1 heterocycles. The van der Waals surface area contributed by atoms with Gasteiger partial charge in [0.05, 0.1) is 18.1 Å². The maximum atomic E-state index is 11.2. The summed E-state index contributed by atoms with van der Waals surface area (Å²) in [7, 11) is 1.65. The molecule has 0 amide bonds. The average molecular weight is 478 g/mol. The Morgan fingerprint density at radius 3 is 2.54 bits per heavy atom. The average Bonchev–Trinajstić information content (AvgIpc) is 3.12. The van der Waals surface area contributed by atoms with Crippen LogP contribution in [0.2, 0.25) is 0 Å². The maximum absolute atomic E-state index is 11.2. The van der Waals surface area contributed by atoms with Gasteiger partial charge in [0, 0.05) is 24.2 Å². The van der Waals surface area contributed by atoms with Gasteiger partial charge in [0.1, 0.15) is 5.75 Å². The van der Waals surface area contributed by atoms with Crippen LogP contribution in [0, 0.1) is 11.3 Å². The van der Waals surface area contributed by atoms with Crippen molar-refractivity contribution in [2.45, 2.75) is 78.7 Å². The van der Waals surface area contributed by atoms with E-state index in [1.54, 1.807) is 7.11 Å². The van der Waals surface area contributed by atoms with Gasteiger partial charge >= 0.3 is 5.97 Å². The summed E-state index contributed by atoms with van der Waals surface area (Å²) in [6, 6.07) is 12.9. The molecule has 3 aromatic rings. The van der Waals surface area contributed by atoms with E-state index in [0.717, 1.165) is 46.8 Å². The molecule has 0 radical (unpaired) electrons. The molecule has 1 aliphatic carbocycles. The van der Waals surface area contributed by atoms with Crippen molar-refractivity contribution < 1.29 is 14.6 Å². The highest BCUT2D eigenvalue weighted by Gasteiger charge is 2.35. The molecule has 1 aliphatic rings. The zero-order valence-electron chi connectivity index (χ0n) is 21.9. The number of ether oxygens (including phenoxy) is 1. The lowest BCUT2D eigenvalue weighted by Crippen LogP contribution is -2.29. The Kier molecular flexibility index (Phi) is 7.11. The number of aliphatic carboxylic acids is 1. The first-order valence-corrected chi connectivity index (χ1v) is 12.7. The molecule has 2 atom stereocenters. The summed E-state index contributed by atoms with van der Waals surface area (Å²) in [5, 5.41) is 12.8. The number of carboxylic acid groups (broad SMARTS) is 1. The largest absolute Gasteiger partial charge is 0.496 e. The van der Waals surface area contributed by atoms with Gasteiger partial charge in [-0.3, -0.25) is 4.79 Å². The molecular weight excluding hydrogens is 438 g/mol. The Bertz CT molecular complexity index is 1190. The number of imidazole rings is 1. The van der Waals surface area contributed by atoms with Crippen LogP contribution in [0.4, 0.5) is 11.6 Å². The van der Waals surface area contributed by atoms with Crippen LogP contribution in [-0.4, -0.2) is 27.7 Å². The standard InChI is InChI=1S/C29H39N3O3/c1-18(2)20-7-10-22(11-8-20)30-28-31-24-14-21(9-12-27(33)34)26(35-6)15-25(24)32(28)23-13-19(3)16-29(4,5)17-23/h7-8,10-11,14-15,18-19,23H,9,12-13,16-17H2,1-6H3,(H,30,31)(H,33,34). The minimum absolute atomic E-state index is 0.0597. The second-order valence-corrected chi connectivity index (χ2v) is 11.3. The van der Waals surface area contributed by atoms with E-state index in [0.29, 0.717) is 24.3 Å². The Morgan fingerprint density at radius 1 is 1.23 bits per heavy atom. The van der Waals surface area contributed by atoms with Crippen LogP contribution < -0.4 is 10.1 Å². The lowest BCUT2D eigenvalue weighted by atomic mass is 9.70. The van der Waals surface area contributed by atoms with Crippen molar-refractivity contribution in [3.63, 3.8) is 0 Å². The van der Waals surface area contributed by atoms with Crippen LogP contribution in [0.25, 0.3) is 11.0 Å². The lowest BCUT2D eigenvalue weighted by Gasteiger charge is -2.40. The van der Waals surface area contributed by atoms with Gasteiger partial charge in [-0.2, -0.15) is 0 Å². The zero-order chi connectivity index (χ0) is 25.3. The molecule has 2 unspecified atom stereocenters. The lowest BCUT2D eigenvalue weighted by molar-refractivity contribution is -0.136. The topological polar surface area (TPSA) is 76.4 Å². The summed E-state index contributed by atoms with van der Waals surface area (Å²) in [6.45, 7) is 11.5. The maximum Gasteiger partial charge on any atom is 0.303 e. The number of fused-ring (bicyclic) bond motifs is 1. The van der Waals surface area contributed by atoms with Gasteiger partial charge in [0.25, 0.3) is 0 Å². The third kappa shape index (κ3) is 5.63. The van der Waals surface area contributed by atoms with Gasteiger partial charge in [-0.15, -0.1) is 0 Å². The number of methoxy groups -OCH3 is 1. The first kappa shape index (κ1) is 25.1. The Morgan fingerprint density at radius 2 is 1.94 bits per heavy atom. The van der Waals surface area contributed by atoms with Gasteiger partial charge in [-0.1, -0.05) is 46.8 Å². The number of hydrogen-bond acceptors (Lipinski definition) is 4. The number of anilines is 2. The van der Waals surface area contributed by atoms with Crippen LogP contribution in [0.3, 0.4) is 0 Å². The molecule has 1 saturated carbocycles. The number of carbonyl (C=O) groups is 1. The van der Waals surface area contributed by atoms with Crippen LogP contribution in [-0.2, 0) is 11.2 Å². The predicted octanol–water partition coefficient (Wildman–Crippen LogP) is 7.32. The molecule has 6 heteroatoms. The van der Waals surface area contributed by atoms with E-state index in [9.17, 15) is 9.90 Å². The first-order chi connectivity index (χ1) is 16.6. The SMILES string of the molecule is COc1cc2c(cc1CCC(=O)O)nc(Nc1ccc(C(C)C)cc1)n2C1CC(C)CC(C)(C)C1. The number of carboxylic acids is 1. The Labute approximate surface area is 208 Å². The minimum atomic E-state index is -0.816. The van der Waals surface area contributed by atoms with Gasteiger partial charge in [-0.05, 0) is 72.3 Å². The van der Waals surface area contributed by atoms with E-state index in [1.807, 2.05) is 12.1 Å². The van der Waals surface area contributed by atoms with Gasteiger partial charge in [-0.25, -0.2) is 4.98 Å². The Hall–Kier alpha value is -3.02. The minimum Gasteiger partial charge on any atom is -0.496 e. The van der Waals surface area contributed by atoms with Crippen LogP contribution in [0.5, 0.6) is 5.75 Å². The van der Waals surface area contributed by atoms with E-state index in [-0.39, 0.29) is 11.8 Å². The van der Waals surface area contributed by atoms with Crippen molar-refractivity contribution in [3.05, 3.63) is 47.5 Å². The third-order valence-electron chi connectivity index (χ3n) is 7.26.